The number of nitrogens with zero attached hydrogens (tertiary/aromatic N) is 2. The van der Waals surface area contributed by atoms with E-state index >= 15 is 0 Å². The van der Waals surface area contributed by atoms with E-state index in [0.717, 1.165) is 12.8 Å². The van der Waals surface area contributed by atoms with Crippen molar-refractivity contribution in [3.05, 3.63) is 44.3 Å². The Hall–Kier alpha value is -2.19. The predicted molar refractivity (Wildman–Crippen MR) is 103 cm³/mol. The fourth-order valence-corrected chi connectivity index (χ4v) is 5.15. The average molecular weight is 405 g/mol. The van der Waals surface area contributed by atoms with Gasteiger partial charge in [0.25, 0.3) is 11.8 Å². The zero-order valence-electron chi connectivity index (χ0n) is 14.8. The second-order valence-corrected chi connectivity index (χ2v) is 8.62. The number of hydrogen-bond acceptors (Lipinski definition) is 6. The fraction of sp³-hybridized carbons (Fsp3) is 0.421. The summed E-state index contributed by atoms with van der Waals surface area (Å²) in [4.78, 5) is 42.7. The van der Waals surface area contributed by atoms with Crippen LogP contribution in [-0.2, 0) is 27.3 Å². The first-order valence-electron chi connectivity index (χ1n) is 8.97. The van der Waals surface area contributed by atoms with Crippen molar-refractivity contribution in [2.24, 2.45) is 0 Å². The van der Waals surface area contributed by atoms with Crippen molar-refractivity contribution >= 4 is 40.5 Å². The summed E-state index contributed by atoms with van der Waals surface area (Å²) in [6.45, 7) is 1.49. The smallest absolute Gasteiger partial charge is 0.329 e. The van der Waals surface area contributed by atoms with Gasteiger partial charge in [-0.3, -0.25) is 9.59 Å². The Balaban J connectivity index is 1.32. The minimum Gasteiger partial charge on any atom is -0.454 e. The molecule has 0 aromatic carbocycles. The third-order valence-corrected chi connectivity index (χ3v) is 6.90. The third kappa shape index (κ3) is 3.77. The van der Waals surface area contributed by atoms with E-state index in [9.17, 15) is 14.4 Å². The SMILES string of the molecule is O=C(OCC(=O)N1CCc2sccc2C1)[C@@H]1CCCN1C(=O)c1cccs1. The highest BCUT2D eigenvalue weighted by molar-refractivity contribution is 7.12. The average Bonchev–Trinajstić information content (AvgIpc) is 3.45. The van der Waals surface area contributed by atoms with E-state index in [0.29, 0.717) is 30.9 Å². The molecule has 0 saturated carbocycles. The fourth-order valence-electron chi connectivity index (χ4n) is 3.58. The molecule has 1 fully saturated rings. The summed E-state index contributed by atoms with van der Waals surface area (Å²) in [6.07, 6.45) is 2.18. The molecule has 2 aliphatic rings. The van der Waals surface area contributed by atoms with Crippen LogP contribution in [0.15, 0.2) is 29.0 Å². The molecule has 2 amide bonds. The summed E-state index contributed by atoms with van der Waals surface area (Å²) in [5, 5.41) is 3.88. The Morgan fingerprint density at radius 1 is 1.15 bits per heavy atom. The monoisotopic (exact) mass is 404 g/mol. The van der Waals surface area contributed by atoms with Crippen LogP contribution >= 0.6 is 22.7 Å². The minimum absolute atomic E-state index is 0.142. The highest BCUT2D eigenvalue weighted by atomic mass is 32.1. The van der Waals surface area contributed by atoms with Crippen molar-refractivity contribution in [1.82, 2.24) is 9.80 Å². The van der Waals surface area contributed by atoms with Gasteiger partial charge in [0, 0.05) is 24.5 Å². The Bertz CT molecular complexity index is 846. The molecule has 0 N–H and O–H groups in total. The lowest BCUT2D eigenvalue weighted by atomic mass is 10.1. The minimum atomic E-state index is -0.600. The zero-order chi connectivity index (χ0) is 18.8. The van der Waals surface area contributed by atoms with Crippen molar-refractivity contribution in [3.8, 4) is 0 Å². The van der Waals surface area contributed by atoms with Gasteiger partial charge in [0.2, 0.25) is 0 Å². The van der Waals surface area contributed by atoms with Crippen LogP contribution in [-0.4, -0.2) is 53.3 Å². The largest absolute Gasteiger partial charge is 0.454 e. The number of rotatable bonds is 4. The highest BCUT2D eigenvalue weighted by Gasteiger charge is 2.36. The number of fused-ring (bicyclic) bond motifs is 1. The van der Waals surface area contributed by atoms with Crippen LogP contribution in [0, 0.1) is 0 Å². The Kier molecular flexibility index (Phi) is 5.27. The summed E-state index contributed by atoms with van der Waals surface area (Å²) in [5.41, 5.74) is 1.18. The summed E-state index contributed by atoms with van der Waals surface area (Å²) < 4.78 is 5.29. The van der Waals surface area contributed by atoms with E-state index in [1.807, 2.05) is 22.9 Å². The molecule has 0 spiro atoms. The Labute approximate surface area is 165 Å². The van der Waals surface area contributed by atoms with Gasteiger partial charge in [0.1, 0.15) is 6.04 Å². The van der Waals surface area contributed by atoms with E-state index in [2.05, 4.69) is 0 Å². The molecule has 4 heterocycles. The number of carbonyl (C=O) groups is 3. The molecule has 2 aliphatic heterocycles. The third-order valence-electron chi connectivity index (χ3n) is 5.02. The Morgan fingerprint density at radius 3 is 2.85 bits per heavy atom. The van der Waals surface area contributed by atoms with Crippen molar-refractivity contribution in [3.63, 3.8) is 0 Å². The van der Waals surface area contributed by atoms with E-state index in [4.69, 9.17) is 4.74 Å². The molecule has 0 unspecified atom stereocenters. The van der Waals surface area contributed by atoms with E-state index in [1.54, 1.807) is 27.2 Å². The first-order chi connectivity index (χ1) is 13.1. The van der Waals surface area contributed by atoms with Crippen LogP contribution in [0.25, 0.3) is 0 Å². The van der Waals surface area contributed by atoms with Crippen molar-refractivity contribution in [1.29, 1.82) is 0 Å². The topological polar surface area (TPSA) is 66.9 Å². The van der Waals surface area contributed by atoms with Crippen LogP contribution in [0.3, 0.4) is 0 Å². The summed E-state index contributed by atoms with van der Waals surface area (Å²) in [7, 11) is 0. The lowest BCUT2D eigenvalue weighted by molar-refractivity contribution is -0.155. The van der Waals surface area contributed by atoms with E-state index < -0.39 is 12.0 Å². The van der Waals surface area contributed by atoms with Gasteiger partial charge in [-0.2, -0.15) is 0 Å². The second-order valence-electron chi connectivity index (χ2n) is 6.68. The number of carbonyl (C=O) groups excluding carboxylic acids is 3. The maximum Gasteiger partial charge on any atom is 0.329 e. The molecule has 142 valence electrons. The van der Waals surface area contributed by atoms with Crippen molar-refractivity contribution in [2.75, 3.05) is 19.7 Å². The van der Waals surface area contributed by atoms with Crippen LogP contribution in [0.1, 0.15) is 33.0 Å². The first kappa shape index (κ1) is 18.2. The second kappa shape index (κ2) is 7.82. The molecule has 6 nitrogen and oxygen atoms in total. The molecule has 8 heteroatoms. The van der Waals surface area contributed by atoms with Gasteiger partial charge in [0.15, 0.2) is 6.61 Å². The Morgan fingerprint density at radius 2 is 2.04 bits per heavy atom. The van der Waals surface area contributed by atoms with Crippen LogP contribution in [0.2, 0.25) is 0 Å². The van der Waals surface area contributed by atoms with Gasteiger partial charge < -0.3 is 14.5 Å². The number of thiophene rings is 2. The number of amides is 2. The van der Waals surface area contributed by atoms with Gasteiger partial charge in [-0.05, 0) is 47.7 Å². The number of likely N-dealkylation sites (tertiary alicyclic amines) is 1. The standard InChI is InChI=1S/C19H20N2O4S2/c22-17(20-8-5-15-13(11-20)6-10-27-15)12-25-19(24)14-3-1-7-21(14)18(23)16-4-2-9-26-16/h2,4,6,9-10,14H,1,3,5,7-8,11-12H2/t14-/m0/s1. The molecular weight excluding hydrogens is 384 g/mol. The summed E-state index contributed by atoms with van der Waals surface area (Å²) in [6, 6.07) is 5.01. The molecule has 1 saturated heterocycles. The van der Waals surface area contributed by atoms with Gasteiger partial charge in [-0.25, -0.2) is 4.79 Å². The lowest BCUT2D eigenvalue weighted by Crippen LogP contribution is -2.43. The quantitative estimate of drug-likeness (QED) is 0.735. The summed E-state index contributed by atoms with van der Waals surface area (Å²) >= 11 is 3.08. The number of hydrogen-bond donors (Lipinski definition) is 0. The van der Waals surface area contributed by atoms with Gasteiger partial charge in [-0.1, -0.05) is 6.07 Å². The maximum absolute atomic E-state index is 12.6. The highest BCUT2D eigenvalue weighted by Crippen LogP contribution is 2.25. The van der Waals surface area contributed by atoms with Gasteiger partial charge in [0.05, 0.1) is 4.88 Å². The molecule has 0 bridgehead atoms. The van der Waals surface area contributed by atoms with Gasteiger partial charge >= 0.3 is 5.97 Å². The molecule has 2 aromatic heterocycles. The zero-order valence-corrected chi connectivity index (χ0v) is 16.4. The molecule has 2 aromatic rings. The normalized spacial score (nSPS) is 19.0. The summed E-state index contributed by atoms with van der Waals surface area (Å²) in [5.74, 6) is -0.815. The molecule has 27 heavy (non-hydrogen) atoms. The van der Waals surface area contributed by atoms with Crippen LogP contribution in [0.5, 0.6) is 0 Å². The van der Waals surface area contributed by atoms with Crippen molar-refractivity contribution in [2.45, 2.75) is 31.8 Å². The van der Waals surface area contributed by atoms with Crippen LogP contribution < -0.4 is 0 Å². The molecule has 0 aliphatic carbocycles. The number of esters is 1. The maximum atomic E-state index is 12.6. The molecule has 1 atom stereocenters. The van der Waals surface area contributed by atoms with Crippen LogP contribution in [0.4, 0.5) is 0 Å². The molecule has 0 radical (unpaired) electrons. The molecule has 4 rings (SSSR count). The van der Waals surface area contributed by atoms with E-state index in [-0.39, 0.29) is 18.4 Å². The predicted octanol–water partition coefficient (Wildman–Crippen LogP) is 2.54. The number of ether oxygens (including phenoxy) is 1. The van der Waals surface area contributed by atoms with E-state index in [1.165, 1.54) is 21.8 Å². The van der Waals surface area contributed by atoms with Crippen molar-refractivity contribution < 1.29 is 19.1 Å². The lowest BCUT2D eigenvalue weighted by Gasteiger charge is -2.27. The first-order valence-corrected chi connectivity index (χ1v) is 10.7. The van der Waals surface area contributed by atoms with Gasteiger partial charge in [-0.15, -0.1) is 22.7 Å². The molecular formula is C19H20N2O4S2.